The third-order valence-electron chi connectivity index (χ3n) is 2.02. The molecule has 0 aliphatic carbocycles. The van der Waals surface area contributed by atoms with Gasteiger partial charge in [-0.1, -0.05) is 17.8 Å². The van der Waals surface area contributed by atoms with E-state index >= 15 is 0 Å². The lowest BCUT2D eigenvalue weighted by molar-refractivity contribution is -0.133. The Morgan fingerprint density at radius 3 is 3.06 bits per heavy atom. The highest BCUT2D eigenvalue weighted by Crippen LogP contribution is 2.21. The first-order chi connectivity index (χ1) is 8.16. The Balaban J connectivity index is 2.27. The van der Waals surface area contributed by atoms with Crippen LogP contribution in [-0.4, -0.2) is 26.4 Å². The van der Waals surface area contributed by atoms with E-state index in [1.54, 1.807) is 6.20 Å². The Labute approximate surface area is 116 Å². The normalized spacial score (nSPS) is 10.4. The molecule has 0 bridgehead atoms. The molecule has 0 saturated heterocycles. The molecule has 0 radical (unpaired) electrons. The monoisotopic (exact) mass is 360 g/mol. The van der Waals surface area contributed by atoms with Gasteiger partial charge in [0.1, 0.15) is 0 Å². The van der Waals surface area contributed by atoms with Gasteiger partial charge in [-0.05, 0) is 40.8 Å². The molecule has 0 unspecified atom stereocenters. The van der Waals surface area contributed by atoms with Crippen molar-refractivity contribution in [2.75, 3.05) is 5.75 Å². The van der Waals surface area contributed by atoms with Crippen LogP contribution < -0.4 is 0 Å². The van der Waals surface area contributed by atoms with Crippen LogP contribution in [0.5, 0.6) is 0 Å². The molecule has 0 fully saturated rings. The van der Waals surface area contributed by atoms with Gasteiger partial charge < -0.3 is 5.11 Å². The smallest absolute Gasteiger partial charge is 0.313 e. The number of carboxylic acid groups (broad SMARTS) is 1. The summed E-state index contributed by atoms with van der Waals surface area (Å²) in [6.45, 7) is 0. The number of nitrogens with zero attached hydrogens (tertiary/aromatic N) is 2. The number of carbonyl (C=O) groups is 1. The number of hydrogen-bond donors (Lipinski definition) is 1. The predicted octanol–water partition coefficient (Wildman–Crippen LogP) is 2.65. The van der Waals surface area contributed by atoms with Gasteiger partial charge in [0.05, 0.1) is 5.75 Å². The minimum atomic E-state index is -0.841. The second-order valence-electron chi connectivity index (χ2n) is 3.24. The van der Waals surface area contributed by atoms with E-state index in [0.717, 1.165) is 9.26 Å². The van der Waals surface area contributed by atoms with Gasteiger partial charge in [-0.25, -0.2) is 4.98 Å². The number of hydrogen-bond acceptors (Lipinski definition) is 3. The van der Waals surface area contributed by atoms with E-state index in [-0.39, 0.29) is 5.75 Å². The minimum Gasteiger partial charge on any atom is -0.481 e. The molecule has 0 aliphatic rings. The summed E-state index contributed by atoms with van der Waals surface area (Å²) in [6.07, 6.45) is 3.50. The zero-order chi connectivity index (χ0) is 12.3. The first-order valence-corrected chi connectivity index (χ1v) is 6.87. The summed E-state index contributed by atoms with van der Waals surface area (Å²) in [5.74, 6) is -0.826. The molecule has 0 spiro atoms. The Bertz CT molecular complexity index is 542. The van der Waals surface area contributed by atoms with Crippen LogP contribution in [-0.2, 0) is 4.79 Å². The number of aromatic nitrogens is 2. The van der Waals surface area contributed by atoms with Crippen molar-refractivity contribution < 1.29 is 9.90 Å². The number of imidazole rings is 1. The molecule has 1 aromatic heterocycles. The van der Waals surface area contributed by atoms with E-state index in [2.05, 4.69) is 27.6 Å². The summed E-state index contributed by atoms with van der Waals surface area (Å²) in [5.41, 5.74) is 0.988. The number of halogens is 1. The van der Waals surface area contributed by atoms with Crippen LogP contribution in [0.1, 0.15) is 0 Å². The highest BCUT2D eigenvalue weighted by atomic mass is 127. The van der Waals surface area contributed by atoms with Crippen LogP contribution in [0.3, 0.4) is 0 Å². The van der Waals surface area contributed by atoms with Crippen molar-refractivity contribution in [2.24, 2.45) is 0 Å². The quantitative estimate of drug-likeness (QED) is 0.673. The van der Waals surface area contributed by atoms with Crippen LogP contribution in [0.2, 0.25) is 0 Å². The summed E-state index contributed by atoms with van der Waals surface area (Å²) in [6, 6.07) is 7.95. The highest BCUT2D eigenvalue weighted by Gasteiger charge is 2.07. The Kier molecular flexibility index (Phi) is 4.06. The zero-order valence-electron chi connectivity index (χ0n) is 8.71. The van der Waals surface area contributed by atoms with Crippen molar-refractivity contribution in [3.05, 3.63) is 40.2 Å². The minimum absolute atomic E-state index is 0.0148. The van der Waals surface area contributed by atoms with Gasteiger partial charge in [-0.2, -0.15) is 0 Å². The molecule has 4 nitrogen and oxygen atoms in total. The number of benzene rings is 1. The fourth-order valence-electron chi connectivity index (χ4n) is 1.35. The van der Waals surface area contributed by atoms with Crippen molar-refractivity contribution in [1.29, 1.82) is 0 Å². The summed E-state index contributed by atoms with van der Waals surface area (Å²) < 4.78 is 3.01. The maximum absolute atomic E-state index is 10.5. The van der Waals surface area contributed by atoms with E-state index in [1.807, 2.05) is 35.0 Å². The number of thioether (sulfide) groups is 1. The van der Waals surface area contributed by atoms with Gasteiger partial charge in [0, 0.05) is 21.7 Å². The highest BCUT2D eigenvalue weighted by molar-refractivity contribution is 14.1. The maximum atomic E-state index is 10.5. The largest absolute Gasteiger partial charge is 0.481 e. The van der Waals surface area contributed by atoms with Crippen LogP contribution in [0.15, 0.2) is 41.8 Å². The molecular formula is C11H9IN2O2S. The molecule has 0 saturated carbocycles. The van der Waals surface area contributed by atoms with Crippen molar-refractivity contribution in [1.82, 2.24) is 9.55 Å². The topological polar surface area (TPSA) is 55.1 Å². The van der Waals surface area contributed by atoms with Crippen molar-refractivity contribution in [2.45, 2.75) is 5.16 Å². The standard InChI is InChI=1S/C11H9IN2O2S/c12-8-2-1-3-9(6-8)14-5-4-13-11(14)17-7-10(15)16/h1-6H,7H2,(H,15,16). The van der Waals surface area contributed by atoms with Gasteiger partial charge in [0.15, 0.2) is 5.16 Å². The molecular weight excluding hydrogens is 351 g/mol. The second-order valence-corrected chi connectivity index (χ2v) is 5.43. The van der Waals surface area contributed by atoms with Crippen LogP contribution in [0, 0.1) is 3.57 Å². The van der Waals surface area contributed by atoms with Gasteiger partial charge in [-0.3, -0.25) is 9.36 Å². The molecule has 88 valence electrons. The van der Waals surface area contributed by atoms with E-state index in [4.69, 9.17) is 5.11 Å². The molecule has 1 N–H and O–H groups in total. The van der Waals surface area contributed by atoms with Crippen molar-refractivity contribution in [3.8, 4) is 5.69 Å². The van der Waals surface area contributed by atoms with E-state index in [0.29, 0.717) is 5.16 Å². The summed E-state index contributed by atoms with van der Waals surface area (Å²) in [4.78, 5) is 14.7. The molecule has 2 rings (SSSR count). The average Bonchev–Trinajstić information content (AvgIpc) is 2.74. The lowest BCUT2D eigenvalue weighted by Crippen LogP contribution is -2.01. The molecule has 1 heterocycles. The Morgan fingerprint density at radius 1 is 1.53 bits per heavy atom. The summed E-state index contributed by atoms with van der Waals surface area (Å²) in [5, 5.41) is 9.35. The van der Waals surface area contributed by atoms with Crippen molar-refractivity contribution >= 4 is 40.3 Å². The second kappa shape index (κ2) is 5.54. The fraction of sp³-hybridized carbons (Fsp3) is 0.0909. The summed E-state index contributed by atoms with van der Waals surface area (Å²) in [7, 11) is 0. The number of aliphatic carboxylic acids is 1. The van der Waals surface area contributed by atoms with Crippen LogP contribution in [0.25, 0.3) is 5.69 Å². The Morgan fingerprint density at radius 2 is 2.35 bits per heavy atom. The number of rotatable bonds is 4. The third kappa shape index (κ3) is 3.22. The molecule has 0 amide bonds. The SMILES string of the molecule is O=C(O)CSc1nccn1-c1cccc(I)c1. The molecule has 17 heavy (non-hydrogen) atoms. The fourth-order valence-corrected chi connectivity index (χ4v) is 2.57. The lowest BCUT2D eigenvalue weighted by Gasteiger charge is -2.06. The van der Waals surface area contributed by atoms with E-state index in [9.17, 15) is 4.79 Å². The first kappa shape index (κ1) is 12.4. The third-order valence-corrected chi connectivity index (χ3v) is 3.64. The van der Waals surface area contributed by atoms with Gasteiger partial charge in [0.2, 0.25) is 0 Å². The summed E-state index contributed by atoms with van der Waals surface area (Å²) >= 11 is 3.45. The van der Waals surface area contributed by atoms with E-state index < -0.39 is 5.97 Å². The van der Waals surface area contributed by atoms with Crippen LogP contribution >= 0.6 is 34.4 Å². The maximum Gasteiger partial charge on any atom is 0.313 e. The van der Waals surface area contributed by atoms with Crippen molar-refractivity contribution in [3.63, 3.8) is 0 Å². The first-order valence-electron chi connectivity index (χ1n) is 4.80. The van der Waals surface area contributed by atoms with Crippen LogP contribution in [0.4, 0.5) is 0 Å². The molecule has 1 aromatic carbocycles. The van der Waals surface area contributed by atoms with Gasteiger partial charge in [0.25, 0.3) is 0 Å². The molecule has 0 aliphatic heterocycles. The molecule has 6 heteroatoms. The molecule has 2 aromatic rings. The van der Waals surface area contributed by atoms with Gasteiger partial charge in [-0.15, -0.1) is 0 Å². The van der Waals surface area contributed by atoms with Gasteiger partial charge >= 0.3 is 5.97 Å². The lowest BCUT2D eigenvalue weighted by atomic mass is 10.3. The molecule has 0 atom stereocenters. The Hall–Kier alpha value is -1.02. The zero-order valence-corrected chi connectivity index (χ0v) is 11.7. The van der Waals surface area contributed by atoms with E-state index in [1.165, 1.54) is 11.8 Å². The predicted molar refractivity (Wildman–Crippen MR) is 74.6 cm³/mol. The number of carboxylic acids is 1. The average molecular weight is 360 g/mol.